The van der Waals surface area contributed by atoms with Crippen LogP contribution in [0.1, 0.15) is 5.89 Å². The molecule has 1 aromatic carbocycles. The molecule has 0 unspecified atom stereocenters. The van der Waals surface area contributed by atoms with Gasteiger partial charge in [-0.2, -0.15) is 13.2 Å². The van der Waals surface area contributed by atoms with E-state index < -0.39 is 12.6 Å². The largest absolute Gasteiger partial charge is 0.440 e. The summed E-state index contributed by atoms with van der Waals surface area (Å²) in [4.78, 5) is 3.74. The number of fused-ring (bicyclic) bond motifs is 1. The van der Waals surface area contributed by atoms with Crippen LogP contribution in [0.2, 0.25) is 0 Å². The van der Waals surface area contributed by atoms with Gasteiger partial charge in [-0.15, -0.1) is 0 Å². The fourth-order valence-electron chi connectivity index (χ4n) is 1.20. The summed E-state index contributed by atoms with van der Waals surface area (Å²) in [5.41, 5.74) is 0.779. The van der Waals surface area contributed by atoms with Crippen LogP contribution in [0.4, 0.5) is 13.2 Å². The number of benzene rings is 1. The summed E-state index contributed by atoms with van der Waals surface area (Å²) in [6, 6.07) is 4.87. The van der Waals surface area contributed by atoms with Crippen molar-refractivity contribution in [3.63, 3.8) is 0 Å². The molecule has 0 radical (unpaired) electrons. The van der Waals surface area contributed by atoms with E-state index in [9.17, 15) is 13.2 Å². The summed E-state index contributed by atoms with van der Waals surface area (Å²) in [5.74, 6) is -0.310. The van der Waals surface area contributed by atoms with E-state index in [-0.39, 0.29) is 5.89 Å². The molecular weight excluding hydrogens is 275 g/mol. The lowest BCUT2D eigenvalue weighted by Crippen LogP contribution is -2.11. The van der Waals surface area contributed by atoms with Gasteiger partial charge in [0.1, 0.15) is 11.9 Å². The lowest BCUT2D eigenvalue weighted by molar-refractivity contribution is -0.130. The minimum Gasteiger partial charge on any atom is -0.440 e. The molecule has 2 rings (SSSR count). The van der Waals surface area contributed by atoms with E-state index in [1.165, 1.54) is 0 Å². The summed E-state index contributed by atoms with van der Waals surface area (Å²) in [6.07, 6.45) is -5.43. The van der Waals surface area contributed by atoms with E-state index in [0.717, 1.165) is 4.47 Å². The van der Waals surface area contributed by atoms with Gasteiger partial charge in [0.15, 0.2) is 5.58 Å². The van der Waals surface area contributed by atoms with Gasteiger partial charge in [-0.05, 0) is 18.2 Å². The van der Waals surface area contributed by atoms with Crippen LogP contribution in [0.5, 0.6) is 0 Å². The van der Waals surface area contributed by atoms with Crippen molar-refractivity contribution in [2.75, 3.05) is 0 Å². The van der Waals surface area contributed by atoms with Gasteiger partial charge in [-0.3, -0.25) is 0 Å². The average Bonchev–Trinajstić information content (AvgIpc) is 2.42. The molecule has 0 bridgehead atoms. The van der Waals surface area contributed by atoms with Crippen molar-refractivity contribution >= 4 is 27.0 Å². The first-order valence-electron chi connectivity index (χ1n) is 4.06. The molecule has 0 saturated carbocycles. The Morgan fingerprint density at radius 2 is 2.07 bits per heavy atom. The minimum atomic E-state index is -4.29. The van der Waals surface area contributed by atoms with Gasteiger partial charge >= 0.3 is 6.18 Å². The van der Waals surface area contributed by atoms with Crippen LogP contribution >= 0.6 is 15.9 Å². The smallest absolute Gasteiger partial charge is 0.397 e. The van der Waals surface area contributed by atoms with Crippen LogP contribution in [-0.4, -0.2) is 11.2 Å². The Morgan fingerprint density at radius 3 is 2.73 bits per heavy atom. The van der Waals surface area contributed by atoms with Crippen molar-refractivity contribution in [3.05, 3.63) is 28.6 Å². The zero-order valence-corrected chi connectivity index (χ0v) is 8.89. The maximum Gasteiger partial charge on any atom is 0.397 e. The third-order valence-electron chi connectivity index (χ3n) is 1.75. The fraction of sp³-hybridized carbons (Fsp3) is 0.222. The maximum atomic E-state index is 12.0. The second kappa shape index (κ2) is 3.52. The monoisotopic (exact) mass is 279 g/mol. The highest BCUT2D eigenvalue weighted by atomic mass is 79.9. The van der Waals surface area contributed by atoms with Gasteiger partial charge < -0.3 is 4.42 Å². The molecule has 2 aromatic rings. The number of halogens is 4. The van der Waals surface area contributed by atoms with Gasteiger partial charge in [-0.1, -0.05) is 15.9 Å². The van der Waals surface area contributed by atoms with Crippen LogP contribution in [0, 0.1) is 0 Å². The van der Waals surface area contributed by atoms with Crippen molar-refractivity contribution in [1.82, 2.24) is 4.98 Å². The second-order valence-electron chi connectivity index (χ2n) is 3.01. The maximum absolute atomic E-state index is 12.0. The Balaban J connectivity index is 2.39. The zero-order valence-electron chi connectivity index (χ0n) is 7.31. The molecule has 2 nitrogen and oxygen atoms in total. The summed E-state index contributed by atoms with van der Waals surface area (Å²) < 4.78 is 41.8. The van der Waals surface area contributed by atoms with Gasteiger partial charge in [0.2, 0.25) is 5.89 Å². The van der Waals surface area contributed by atoms with Crippen LogP contribution in [0.3, 0.4) is 0 Å². The van der Waals surface area contributed by atoms with Crippen LogP contribution < -0.4 is 0 Å². The fourth-order valence-corrected chi connectivity index (χ4v) is 1.54. The number of hydrogen-bond acceptors (Lipinski definition) is 2. The Kier molecular flexibility index (Phi) is 2.46. The molecule has 6 heteroatoms. The highest BCUT2D eigenvalue weighted by molar-refractivity contribution is 9.10. The number of aromatic nitrogens is 1. The lowest BCUT2D eigenvalue weighted by Gasteiger charge is -2.00. The Labute approximate surface area is 91.2 Å². The minimum absolute atomic E-state index is 0.310. The van der Waals surface area contributed by atoms with Gasteiger partial charge in [-0.25, -0.2) is 4.98 Å². The van der Waals surface area contributed by atoms with Crippen molar-refractivity contribution in [1.29, 1.82) is 0 Å². The van der Waals surface area contributed by atoms with Gasteiger partial charge in [0.05, 0.1) is 0 Å². The summed E-state index contributed by atoms with van der Waals surface area (Å²) in [6.45, 7) is 0. The third-order valence-corrected chi connectivity index (χ3v) is 2.24. The van der Waals surface area contributed by atoms with E-state index in [4.69, 9.17) is 4.42 Å². The molecule has 1 heterocycles. The molecule has 0 aliphatic rings. The molecule has 0 atom stereocenters. The van der Waals surface area contributed by atoms with Crippen LogP contribution in [0.25, 0.3) is 11.1 Å². The summed E-state index contributed by atoms with van der Waals surface area (Å²) in [7, 11) is 0. The summed E-state index contributed by atoms with van der Waals surface area (Å²) >= 11 is 3.20. The van der Waals surface area contributed by atoms with E-state index in [1.807, 2.05) is 0 Å². The Hall–Kier alpha value is -1.04. The molecule has 1 aromatic heterocycles. The van der Waals surface area contributed by atoms with Crippen molar-refractivity contribution < 1.29 is 17.6 Å². The quantitative estimate of drug-likeness (QED) is 0.796. The number of oxazole rings is 1. The Bertz CT molecular complexity index is 492. The SMILES string of the molecule is FC(F)(F)Cc1nc2cc(Br)ccc2o1. The average molecular weight is 280 g/mol. The first kappa shape index (κ1) is 10.5. The van der Waals surface area contributed by atoms with Crippen LogP contribution in [0.15, 0.2) is 27.1 Å². The lowest BCUT2D eigenvalue weighted by atomic mass is 10.3. The number of hydrogen-bond donors (Lipinski definition) is 0. The van der Waals surface area contributed by atoms with E-state index >= 15 is 0 Å². The topological polar surface area (TPSA) is 26.0 Å². The molecule has 0 fully saturated rings. The first-order chi connectivity index (χ1) is 6.94. The molecule has 0 aliphatic carbocycles. The van der Waals surface area contributed by atoms with E-state index in [2.05, 4.69) is 20.9 Å². The normalized spacial score (nSPS) is 12.3. The standard InChI is InChI=1S/C9H5BrF3NO/c10-5-1-2-7-6(3-5)14-8(15-7)4-9(11,12)13/h1-3H,4H2. The predicted octanol–water partition coefficient (Wildman–Crippen LogP) is 3.70. The molecule has 0 aliphatic heterocycles. The van der Waals surface area contributed by atoms with Gasteiger partial charge in [0.25, 0.3) is 0 Å². The molecule has 0 spiro atoms. The van der Waals surface area contributed by atoms with Gasteiger partial charge in [0, 0.05) is 4.47 Å². The van der Waals surface area contributed by atoms with E-state index in [0.29, 0.717) is 11.1 Å². The zero-order chi connectivity index (χ0) is 11.1. The first-order valence-corrected chi connectivity index (χ1v) is 4.85. The molecule has 15 heavy (non-hydrogen) atoms. The Morgan fingerprint density at radius 1 is 1.33 bits per heavy atom. The van der Waals surface area contributed by atoms with Crippen molar-refractivity contribution in [2.24, 2.45) is 0 Å². The van der Waals surface area contributed by atoms with E-state index in [1.54, 1.807) is 18.2 Å². The third kappa shape index (κ3) is 2.50. The molecular formula is C9H5BrF3NO. The van der Waals surface area contributed by atoms with Crippen LogP contribution in [-0.2, 0) is 6.42 Å². The summed E-state index contributed by atoms with van der Waals surface area (Å²) in [5, 5.41) is 0. The number of alkyl halides is 3. The number of rotatable bonds is 1. The van der Waals surface area contributed by atoms with Crippen molar-refractivity contribution in [2.45, 2.75) is 12.6 Å². The number of nitrogens with zero attached hydrogens (tertiary/aromatic N) is 1. The molecule has 0 amide bonds. The van der Waals surface area contributed by atoms with Crippen molar-refractivity contribution in [3.8, 4) is 0 Å². The molecule has 80 valence electrons. The predicted molar refractivity (Wildman–Crippen MR) is 51.5 cm³/mol. The highest BCUT2D eigenvalue weighted by Crippen LogP contribution is 2.25. The molecule has 0 N–H and O–H groups in total. The second-order valence-corrected chi connectivity index (χ2v) is 3.93. The molecule has 0 saturated heterocycles. The highest BCUT2D eigenvalue weighted by Gasteiger charge is 2.30.